The van der Waals surface area contributed by atoms with E-state index in [1.165, 1.54) is 4.88 Å². The van der Waals surface area contributed by atoms with Crippen molar-refractivity contribution in [2.45, 2.75) is 20.3 Å². The van der Waals surface area contributed by atoms with E-state index in [1.807, 2.05) is 4.52 Å². The molecule has 0 N–H and O–H groups in total. The molecule has 0 radical (unpaired) electrons. The van der Waals surface area contributed by atoms with Crippen molar-refractivity contribution >= 4 is 27.6 Å². The highest BCUT2D eigenvalue weighted by Gasteiger charge is 2.14. The van der Waals surface area contributed by atoms with Gasteiger partial charge in [0.05, 0.1) is 10.6 Å². The van der Waals surface area contributed by atoms with Gasteiger partial charge in [-0.3, -0.25) is 0 Å². The normalized spacial score (nSPS) is 11.4. The molecule has 82 valence electrons. The molecule has 0 aromatic carbocycles. The van der Waals surface area contributed by atoms with Gasteiger partial charge in [0.2, 0.25) is 4.96 Å². The molecule has 3 aromatic rings. The van der Waals surface area contributed by atoms with Gasteiger partial charge in [-0.25, -0.2) is 9.50 Å². The lowest BCUT2D eigenvalue weighted by Crippen LogP contribution is -1.89. The maximum absolute atomic E-state index is 4.65. The zero-order valence-electron chi connectivity index (χ0n) is 9.10. The van der Waals surface area contributed by atoms with E-state index in [-0.39, 0.29) is 0 Å². The summed E-state index contributed by atoms with van der Waals surface area (Å²) in [5.74, 6) is 0. The first-order valence-corrected chi connectivity index (χ1v) is 6.88. The molecule has 0 spiro atoms. The summed E-state index contributed by atoms with van der Waals surface area (Å²) in [5.41, 5.74) is 2.20. The SMILES string of the molecule is CCc1nn2c(C)c(-c3cccs3)nc2s1. The topological polar surface area (TPSA) is 30.2 Å². The van der Waals surface area contributed by atoms with Gasteiger partial charge in [-0.15, -0.1) is 11.3 Å². The van der Waals surface area contributed by atoms with Crippen LogP contribution in [-0.2, 0) is 6.42 Å². The zero-order chi connectivity index (χ0) is 11.1. The minimum atomic E-state index is 0.974. The second-order valence-corrected chi connectivity index (χ2v) is 5.56. The van der Waals surface area contributed by atoms with Crippen LogP contribution in [-0.4, -0.2) is 14.6 Å². The molecule has 5 heteroatoms. The summed E-state index contributed by atoms with van der Waals surface area (Å²) in [6, 6.07) is 4.16. The lowest BCUT2D eigenvalue weighted by molar-refractivity contribution is 0.882. The van der Waals surface area contributed by atoms with Gasteiger partial charge >= 0.3 is 0 Å². The number of fused-ring (bicyclic) bond motifs is 1. The van der Waals surface area contributed by atoms with E-state index in [0.29, 0.717) is 0 Å². The minimum absolute atomic E-state index is 0.974. The maximum Gasteiger partial charge on any atom is 0.212 e. The van der Waals surface area contributed by atoms with Crippen LogP contribution in [0.25, 0.3) is 15.5 Å². The van der Waals surface area contributed by atoms with E-state index in [1.54, 1.807) is 22.7 Å². The van der Waals surface area contributed by atoms with E-state index in [0.717, 1.165) is 27.8 Å². The zero-order valence-corrected chi connectivity index (χ0v) is 10.7. The van der Waals surface area contributed by atoms with Crippen molar-refractivity contribution in [3.8, 4) is 10.6 Å². The fourth-order valence-electron chi connectivity index (χ4n) is 1.68. The molecule has 0 aliphatic heterocycles. The Labute approximate surface area is 101 Å². The van der Waals surface area contributed by atoms with Crippen LogP contribution in [0.4, 0.5) is 0 Å². The predicted octanol–water partition coefficient (Wildman–Crippen LogP) is 3.39. The van der Waals surface area contributed by atoms with E-state index in [4.69, 9.17) is 0 Å². The molecule has 0 amide bonds. The molecular formula is C11H11N3S2. The van der Waals surface area contributed by atoms with Crippen molar-refractivity contribution in [1.82, 2.24) is 14.6 Å². The van der Waals surface area contributed by atoms with Crippen molar-refractivity contribution in [2.75, 3.05) is 0 Å². The number of hydrogen-bond acceptors (Lipinski definition) is 4. The van der Waals surface area contributed by atoms with Gasteiger partial charge < -0.3 is 0 Å². The first-order chi connectivity index (χ1) is 7.79. The molecular weight excluding hydrogens is 238 g/mol. The molecule has 0 bridgehead atoms. The Morgan fingerprint density at radius 1 is 1.44 bits per heavy atom. The number of rotatable bonds is 2. The first-order valence-electron chi connectivity index (χ1n) is 5.18. The summed E-state index contributed by atoms with van der Waals surface area (Å²) in [5, 5.41) is 7.76. The van der Waals surface area contributed by atoms with E-state index < -0.39 is 0 Å². The average molecular weight is 249 g/mol. The third kappa shape index (κ3) is 1.39. The summed E-state index contributed by atoms with van der Waals surface area (Å²) < 4.78 is 1.96. The van der Waals surface area contributed by atoms with E-state index >= 15 is 0 Å². The Balaban J connectivity index is 2.21. The quantitative estimate of drug-likeness (QED) is 0.697. The van der Waals surface area contributed by atoms with Crippen LogP contribution in [0, 0.1) is 6.92 Å². The van der Waals surface area contributed by atoms with Crippen LogP contribution in [0.2, 0.25) is 0 Å². The van der Waals surface area contributed by atoms with Gasteiger partial charge in [-0.1, -0.05) is 24.3 Å². The number of thiophene rings is 1. The largest absolute Gasteiger partial charge is 0.216 e. The highest BCUT2D eigenvalue weighted by atomic mass is 32.1. The van der Waals surface area contributed by atoms with Gasteiger partial charge in [0.25, 0.3) is 0 Å². The third-order valence-corrected chi connectivity index (χ3v) is 4.46. The molecule has 0 atom stereocenters. The maximum atomic E-state index is 4.65. The van der Waals surface area contributed by atoms with Crippen molar-refractivity contribution in [3.63, 3.8) is 0 Å². The molecule has 3 heterocycles. The Hall–Kier alpha value is -1.20. The van der Waals surface area contributed by atoms with Crippen LogP contribution in [0.15, 0.2) is 17.5 Å². The fraction of sp³-hybridized carbons (Fsp3) is 0.273. The Kier molecular flexibility index (Phi) is 2.29. The van der Waals surface area contributed by atoms with Gasteiger partial charge in [-0.05, 0) is 24.8 Å². The molecule has 0 fully saturated rings. The average Bonchev–Trinajstić information content (AvgIpc) is 2.96. The van der Waals surface area contributed by atoms with Gasteiger partial charge in [0, 0.05) is 0 Å². The number of nitrogens with zero attached hydrogens (tertiary/aromatic N) is 3. The molecule has 3 aromatic heterocycles. The second-order valence-electron chi connectivity index (χ2n) is 3.57. The van der Waals surface area contributed by atoms with Crippen LogP contribution in [0.3, 0.4) is 0 Å². The fourth-order valence-corrected chi connectivity index (χ4v) is 3.32. The van der Waals surface area contributed by atoms with Gasteiger partial charge in [-0.2, -0.15) is 5.10 Å². The Morgan fingerprint density at radius 3 is 2.94 bits per heavy atom. The molecule has 0 aliphatic carbocycles. The highest BCUT2D eigenvalue weighted by molar-refractivity contribution is 7.16. The molecule has 3 nitrogen and oxygen atoms in total. The van der Waals surface area contributed by atoms with Crippen molar-refractivity contribution in [3.05, 3.63) is 28.2 Å². The Bertz CT molecular complexity index is 619. The first kappa shape index (κ1) is 9.99. The van der Waals surface area contributed by atoms with Crippen molar-refractivity contribution in [2.24, 2.45) is 0 Å². The summed E-state index contributed by atoms with van der Waals surface area (Å²) in [7, 11) is 0. The molecule has 16 heavy (non-hydrogen) atoms. The van der Waals surface area contributed by atoms with Gasteiger partial charge in [0.1, 0.15) is 10.7 Å². The standard InChI is InChI=1S/C11H11N3S2/c1-3-9-13-14-7(2)10(12-11(14)16-9)8-5-4-6-15-8/h4-6H,3H2,1-2H3. The molecule has 0 unspecified atom stereocenters. The van der Waals surface area contributed by atoms with E-state index in [9.17, 15) is 0 Å². The van der Waals surface area contributed by atoms with Crippen molar-refractivity contribution < 1.29 is 0 Å². The van der Waals surface area contributed by atoms with Crippen LogP contribution in [0.5, 0.6) is 0 Å². The molecule has 3 rings (SSSR count). The summed E-state index contributed by atoms with van der Waals surface area (Å²) >= 11 is 3.39. The minimum Gasteiger partial charge on any atom is -0.216 e. The number of imidazole rings is 1. The number of hydrogen-bond donors (Lipinski definition) is 0. The van der Waals surface area contributed by atoms with Crippen LogP contribution >= 0.6 is 22.7 Å². The predicted molar refractivity (Wildman–Crippen MR) is 68.3 cm³/mol. The summed E-state index contributed by atoms with van der Waals surface area (Å²) in [6.07, 6.45) is 0.974. The monoisotopic (exact) mass is 249 g/mol. The number of aromatic nitrogens is 3. The lowest BCUT2D eigenvalue weighted by atomic mass is 10.3. The highest BCUT2D eigenvalue weighted by Crippen LogP contribution is 2.29. The smallest absolute Gasteiger partial charge is 0.212 e. The molecule has 0 saturated heterocycles. The summed E-state index contributed by atoms with van der Waals surface area (Å²) in [6.45, 7) is 4.20. The number of aryl methyl sites for hydroxylation is 2. The van der Waals surface area contributed by atoms with Crippen molar-refractivity contribution in [1.29, 1.82) is 0 Å². The van der Waals surface area contributed by atoms with Crippen LogP contribution in [0.1, 0.15) is 17.6 Å². The van der Waals surface area contributed by atoms with Crippen LogP contribution < -0.4 is 0 Å². The summed E-state index contributed by atoms with van der Waals surface area (Å²) in [4.78, 5) is 6.87. The molecule has 0 aliphatic rings. The molecule has 0 saturated carbocycles. The third-order valence-electron chi connectivity index (χ3n) is 2.53. The Morgan fingerprint density at radius 2 is 2.31 bits per heavy atom. The van der Waals surface area contributed by atoms with Gasteiger partial charge in [0.15, 0.2) is 0 Å². The van der Waals surface area contributed by atoms with E-state index in [2.05, 4.69) is 41.4 Å². The second kappa shape index (κ2) is 3.68. The lowest BCUT2D eigenvalue weighted by Gasteiger charge is -1.93.